The molecular formula is C13H12BrFN2O. The highest BCUT2D eigenvalue weighted by Gasteiger charge is 2.06. The van der Waals surface area contributed by atoms with E-state index in [1.54, 1.807) is 19.1 Å². The summed E-state index contributed by atoms with van der Waals surface area (Å²) >= 11 is 3.31. The van der Waals surface area contributed by atoms with E-state index in [9.17, 15) is 4.39 Å². The summed E-state index contributed by atoms with van der Waals surface area (Å²) in [6, 6.07) is 6.06. The lowest BCUT2D eigenvalue weighted by Crippen LogP contribution is -1.97. The maximum Gasteiger partial charge on any atom is 0.223 e. The van der Waals surface area contributed by atoms with Gasteiger partial charge < -0.3 is 4.74 Å². The molecule has 18 heavy (non-hydrogen) atoms. The van der Waals surface area contributed by atoms with Crippen molar-refractivity contribution in [3.8, 4) is 11.6 Å². The van der Waals surface area contributed by atoms with Crippen LogP contribution in [0.3, 0.4) is 0 Å². The van der Waals surface area contributed by atoms with Gasteiger partial charge in [0.1, 0.15) is 22.0 Å². The molecule has 0 aliphatic carbocycles. The zero-order valence-electron chi connectivity index (χ0n) is 10.1. The van der Waals surface area contributed by atoms with Crippen molar-refractivity contribution in [3.63, 3.8) is 0 Å². The van der Waals surface area contributed by atoms with E-state index in [2.05, 4.69) is 25.9 Å². The lowest BCUT2D eigenvalue weighted by molar-refractivity contribution is 0.453. The quantitative estimate of drug-likeness (QED) is 0.802. The largest absolute Gasteiger partial charge is 0.439 e. The van der Waals surface area contributed by atoms with Gasteiger partial charge in [-0.1, -0.05) is 6.92 Å². The number of halogens is 2. The van der Waals surface area contributed by atoms with E-state index in [1.165, 1.54) is 12.1 Å². The van der Waals surface area contributed by atoms with Gasteiger partial charge in [-0.2, -0.15) is 4.98 Å². The third-order valence-corrected chi connectivity index (χ3v) is 2.79. The van der Waals surface area contributed by atoms with E-state index in [-0.39, 0.29) is 5.82 Å². The number of aromatic nitrogens is 2. The number of rotatable bonds is 3. The zero-order valence-corrected chi connectivity index (χ0v) is 11.7. The van der Waals surface area contributed by atoms with Gasteiger partial charge in [0.2, 0.25) is 5.88 Å². The monoisotopic (exact) mass is 310 g/mol. The first-order valence-corrected chi connectivity index (χ1v) is 6.35. The van der Waals surface area contributed by atoms with Gasteiger partial charge in [0.05, 0.1) is 0 Å². The summed E-state index contributed by atoms with van der Waals surface area (Å²) in [5, 5.41) is 0. The first kappa shape index (κ1) is 13.0. The fraction of sp³-hybridized carbons (Fsp3) is 0.231. The van der Waals surface area contributed by atoms with Crippen LogP contribution in [-0.4, -0.2) is 9.97 Å². The average molecular weight is 311 g/mol. The Balaban J connectivity index is 2.30. The number of aryl methyl sites for hydroxylation is 2. The highest BCUT2D eigenvalue weighted by molar-refractivity contribution is 9.10. The van der Waals surface area contributed by atoms with Crippen molar-refractivity contribution in [1.82, 2.24) is 9.97 Å². The third kappa shape index (κ3) is 3.04. The van der Waals surface area contributed by atoms with Crippen molar-refractivity contribution in [1.29, 1.82) is 0 Å². The van der Waals surface area contributed by atoms with Gasteiger partial charge >= 0.3 is 0 Å². The van der Waals surface area contributed by atoms with Crippen LogP contribution in [-0.2, 0) is 6.42 Å². The van der Waals surface area contributed by atoms with Crippen LogP contribution in [0.15, 0.2) is 28.9 Å². The van der Waals surface area contributed by atoms with Crippen LogP contribution in [0.1, 0.15) is 18.3 Å². The molecule has 0 bridgehead atoms. The van der Waals surface area contributed by atoms with Gasteiger partial charge in [-0.3, -0.25) is 0 Å². The van der Waals surface area contributed by atoms with Crippen LogP contribution in [0, 0.1) is 12.7 Å². The van der Waals surface area contributed by atoms with Crippen LogP contribution >= 0.6 is 15.9 Å². The number of nitrogens with zero attached hydrogens (tertiary/aromatic N) is 2. The Morgan fingerprint density at radius 2 is 2.06 bits per heavy atom. The van der Waals surface area contributed by atoms with Gasteiger partial charge in [0.25, 0.3) is 0 Å². The molecule has 0 saturated carbocycles. The molecule has 0 amide bonds. The first-order chi connectivity index (χ1) is 8.58. The predicted molar refractivity (Wildman–Crippen MR) is 70.3 cm³/mol. The summed E-state index contributed by atoms with van der Waals surface area (Å²) in [4.78, 5) is 8.45. The third-order valence-electron chi connectivity index (χ3n) is 2.39. The predicted octanol–water partition coefficient (Wildman–Crippen LogP) is 4.04. The number of hydrogen-bond donors (Lipinski definition) is 0. The fourth-order valence-electron chi connectivity index (χ4n) is 1.49. The van der Waals surface area contributed by atoms with Crippen LogP contribution in [0.5, 0.6) is 11.6 Å². The Morgan fingerprint density at radius 1 is 1.28 bits per heavy atom. The minimum Gasteiger partial charge on any atom is -0.439 e. The molecule has 0 aliphatic heterocycles. The molecule has 1 heterocycles. The molecule has 0 atom stereocenters. The van der Waals surface area contributed by atoms with E-state index in [0.29, 0.717) is 22.1 Å². The van der Waals surface area contributed by atoms with Gasteiger partial charge in [-0.15, -0.1) is 0 Å². The average Bonchev–Trinajstić information content (AvgIpc) is 2.32. The molecule has 0 N–H and O–H groups in total. The van der Waals surface area contributed by atoms with Crippen molar-refractivity contribution in [2.75, 3.05) is 0 Å². The second-order valence-corrected chi connectivity index (χ2v) is 4.62. The summed E-state index contributed by atoms with van der Waals surface area (Å²) in [6.45, 7) is 3.75. The van der Waals surface area contributed by atoms with Gasteiger partial charge in [-0.25, -0.2) is 9.37 Å². The standard InChI is InChI=1S/C13H12BrFN2O/c1-3-12-16-11(14)7-13(17-12)18-10-5-4-9(15)6-8(10)2/h4-7H,3H2,1-2H3. The van der Waals surface area contributed by atoms with Crippen molar-refractivity contribution in [2.24, 2.45) is 0 Å². The molecule has 94 valence electrons. The van der Waals surface area contributed by atoms with Gasteiger partial charge in [-0.05, 0) is 46.6 Å². The minimum atomic E-state index is -0.280. The molecule has 0 spiro atoms. The normalized spacial score (nSPS) is 10.4. The molecule has 5 heteroatoms. The summed E-state index contributed by atoms with van der Waals surface area (Å²) < 4.78 is 19.3. The first-order valence-electron chi connectivity index (χ1n) is 5.56. The lowest BCUT2D eigenvalue weighted by atomic mass is 10.2. The van der Waals surface area contributed by atoms with Crippen molar-refractivity contribution in [2.45, 2.75) is 20.3 Å². The SMILES string of the molecule is CCc1nc(Br)cc(Oc2ccc(F)cc2C)n1. The number of benzene rings is 1. The van der Waals surface area contributed by atoms with Crippen LogP contribution in [0.4, 0.5) is 4.39 Å². The second kappa shape index (κ2) is 5.44. The maximum absolute atomic E-state index is 13.0. The Bertz CT molecular complexity index is 575. The Hall–Kier alpha value is -1.49. The summed E-state index contributed by atoms with van der Waals surface area (Å²) in [5.74, 6) is 1.45. The molecule has 0 radical (unpaired) electrons. The summed E-state index contributed by atoms with van der Waals surface area (Å²) in [5.41, 5.74) is 0.725. The highest BCUT2D eigenvalue weighted by Crippen LogP contribution is 2.25. The van der Waals surface area contributed by atoms with Gasteiger partial charge in [0.15, 0.2) is 0 Å². The van der Waals surface area contributed by atoms with E-state index in [0.717, 1.165) is 12.0 Å². The topological polar surface area (TPSA) is 35.0 Å². The summed E-state index contributed by atoms with van der Waals surface area (Å²) in [6.07, 6.45) is 0.720. The van der Waals surface area contributed by atoms with Gasteiger partial charge in [0, 0.05) is 12.5 Å². The lowest BCUT2D eigenvalue weighted by Gasteiger charge is -2.08. The number of ether oxygens (including phenoxy) is 1. The fourth-order valence-corrected chi connectivity index (χ4v) is 1.89. The molecule has 1 aromatic heterocycles. The minimum absolute atomic E-state index is 0.280. The molecule has 3 nitrogen and oxygen atoms in total. The Labute approximate surface area is 113 Å². The molecule has 2 rings (SSSR count). The molecule has 0 fully saturated rings. The van der Waals surface area contributed by atoms with Crippen LogP contribution in [0.2, 0.25) is 0 Å². The molecule has 0 unspecified atom stereocenters. The highest BCUT2D eigenvalue weighted by atomic mass is 79.9. The van der Waals surface area contributed by atoms with E-state index in [1.807, 2.05) is 6.92 Å². The molecule has 0 aliphatic rings. The number of hydrogen-bond acceptors (Lipinski definition) is 3. The molecular weight excluding hydrogens is 299 g/mol. The van der Waals surface area contributed by atoms with E-state index >= 15 is 0 Å². The Kier molecular flexibility index (Phi) is 3.91. The Morgan fingerprint density at radius 3 is 2.72 bits per heavy atom. The molecule has 0 saturated heterocycles. The smallest absolute Gasteiger partial charge is 0.223 e. The van der Waals surface area contributed by atoms with E-state index in [4.69, 9.17) is 4.74 Å². The second-order valence-electron chi connectivity index (χ2n) is 3.81. The van der Waals surface area contributed by atoms with Crippen molar-refractivity contribution >= 4 is 15.9 Å². The summed E-state index contributed by atoms with van der Waals surface area (Å²) in [7, 11) is 0. The van der Waals surface area contributed by atoms with Crippen LogP contribution < -0.4 is 4.74 Å². The molecule has 2 aromatic rings. The maximum atomic E-state index is 13.0. The van der Waals surface area contributed by atoms with Crippen molar-refractivity contribution in [3.05, 3.63) is 46.1 Å². The zero-order chi connectivity index (χ0) is 13.1. The van der Waals surface area contributed by atoms with Crippen LogP contribution in [0.25, 0.3) is 0 Å². The van der Waals surface area contributed by atoms with E-state index < -0.39 is 0 Å². The van der Waals surface area contributed by atoms with Crippen molar-refractivity contribution < 1.29 is 9.13 Å². The molecule has 1 aromatic carbocycles.